The number of anilines is 1. The summed E-state index contributed by atoms with van der Waals surface area (Å²) in [5.41, 5.74) is 5.49. The lowest BCUT2D eigenvalue weighted by molar-refractivity contribution is -0.116. The van der Waals surface area contributed by atoms with Gasteiger partial charge in [0.05, 0.1) is 10.7 Å². The number of halogens is 2. The molecule has 3 nitrogen and oxygen atoms in total. The molecule has 1 rings (SSSR count). The van der Waals surface area contributed by atoms with E-state index < -0.39 is 5.82 Å². The zero-order valence-corrected chi connectivity index (χ0v) is 9.72. The lowest BCUT2D eigenvalue weighted by Crippen LogP contribution is -2.20. The summed E-state index contributed by atoms with van der Waals surface area (Å²) in [6, 6.07) is 4.47. The Bertz CT molecular complexity index is 384. The van der Waals surface area contributed by atoms with E-state index in [2.05, 4.69) is 5.32 Å². The molecular formula is C11H14ClFN2O. The Balaban J connectivity index is 2.66. The highest BCUT2D eigenvalue weighted by atomic mass is 35.5. The number of amides is 1. The van der Waals surface area contributed by atoms with E-state index in [1.165, 1.54) is 12.1 Å². The maximum absolute atomic E-state index is 13.4. The average molecular weight is 245 g/mol. The highest BCUT2D eigenvalue weighted by Gasteiger charge is 2.11. The third-order valence-corrected chi connectivity index (χ3v) is 2.45. The Morgan fingerprint density at radius 2 is 2.31 bits per heavy atom. The summed E-state index contributed by atoms with van der Waals surface area (Å²) in [5.74, 6) is -0.806. The molecule has 5 heteroatoms. The maximum Gasteiger partial charge on any atom is 0.224 e. The second-order valence-corrected chi connectivity index (χ2v) is 4.10. The van der Waals surface area contributed by atoms with Crippen LogP contribution in [0.5, 0.6) is 0 Å². The van der Waals surface area contributed by atoms with Gasteiger partial charge in [-0.05, 0) is 24.6 Å². The average Bonchev–Trinajstić information content (AvgIpc) is 2.24. The predicted molar refractivity (Wildman–Crippen MR) is 62.9 cm³/mol. The van der Waals surface area contributed by atoms with Gasteiger partial charge in [0.2, 0.25) is 5.91 Å². The van der Waals surface area contributed by atoms with Gasteiger partial charge in [0.1, 0.15) is 0 Å². The van der Waals surface area contributed by atoms with E-state index in [0.717, 1.165) is 0 Å². The van der Waals surface area contributed by atoms with Gasteiger partial charge in [0, 0.05) is 6.42 Å². The van der Waals surface area contributed by atoms with Crippen molar-refractivity contribution in [3.63, 3.8) is 0 Å². The summed E-state index contributed by atoms with van der Waals surface area (Å²) >= 11 is 5.58. The molecule has 0 aliphatic rings. The molecule has 0 aromatic heterocycles. The van der Waals surface area contributed by atoms with E-state index in [1.807, 2.05) is 6.92 Å². The number of nitrogens with two attached hydrogens (primary N) is 1. The van der Waals surface area contributed by atoms with E-state index >= 15 is 0 Å². The topological polar surface area (TPSA) is 55.1 Å². The molecule has 0 saturated carbocycles. The molecule has 1 amide bonds. The van der Waals surface area contributed by atoms with E-state index in [-0.39, 0.29) is 29.0 Å². The second-order valence-electron chi connectivity index (χ2n) is 3.69. The normalized spacial score (nSPS) is 12.2. The van der Waals surface area contributed by atoms with Crippen molar-refractivity contribution in [2.75, 3.05) is 11.9 Å². The largest absolute Gasteiger partial charge is 0.330 e. The number of rotatable bonds is 4. The maximum atomic E-state index is 13.4. The fourth-order valence-corrected chi connectivity index (χ4v) is 1.38. The molecule has 0 radical (unpaired) electrons. The van der Waals surface area contributed by atoms with Crippen LogP contribution in [0, 0.1) is 11.7 Å². The Hall–Kier alpha value is -1.13. The van der Waals surface area contributed by atoms with Gasteiger partial charge in [0.25, 0.3) is 0 Å². The zero-order valence-electron chi connectivity index (χ0n) is 8.97. The van der Waals surface area contributed by atoms with Crippen LogP contribution >= 0.6 is 11.6 Å². The molecule has 0 fully saturated rings. The minimum absolute atomic E-state index is 0.00956. The van der Waals surface area contributed by atoms with Gasteiger partial charge < -0.3 is 11.1 Å². The molecular weight excluding hydrogens is 231 g/mol. The van der Waals surface area contributed by atoms with Gasteiger partial charge in [-0.2, -0.15) is 0 Å². The predicted octanol–water partition coefficient (Wildman–Crippen LogP) is 2.40. The number of carbonyl (C=O) groups is 1. The molecule has 1 unspecified atom stereocenters. The molecule has 0 heterocycles. The summed E-state index contributed by atoms with van der Waals surface area (Å²) in [6.45, 7) is 2.28. The van der Waals surface area contributed by atoms with Gasteiger partial charge in [0.15, 0.2) is 5.82 Å². The van der Waals surface area contributed by atoms with Crippen LogP contribution in [0.25, 0.3) is 0 Å². The van der Waals surface area contributed by atoms with Crippen molar-refractivity contribution < 1.29 is 9.18 Å². The molecule has 16 heavy (non-hydrogen) atoms. The molecule has 0 saturated heterocycles. The summed E-state index contributed by atoms with van der Waals surface area (Å²) in [5, 5.41) is 2.45. The van der Waals surface area contributed by atoms with Crippen molar-refractivity contribution in [2.24, 2.45) is 11.7 Å². The summed E-state index contributed by atoms with van der Waals surface area (Å²) in [7, 11) is 0. The first kappa shape index (κ1) is 12.9. The van der Waals surface area contributed by atoms with Crippen LogP contribution in [0.2, 0.25) is 5.02 Å². The van der Waals surface area contributed by atoms with Gasteiger partial charge in [-0.25, -0.2) is 4.39 Å². The van der Waals surface area contributed by atoms with Crippen LogP contribution in [-0.4, -0.2) is 12.5 Å². The number of nitrogens with one attached hydrogen (secondary N) is 1. The quantitative estimate of drug-likeness (QED) is 0.855. The Morgan fingerprint density at radius 3 is 2.94 bits per heavy atom. The first-order valence-electron chi connectivity index (χ1n) is 4.98. The van der Waals surface area contributed by atoms with Crippen LogP contribution in [0.4, 0.5) is 10.1 Å². The molecule has 0 aliphatic heterocycles. The van der Waals surface area contributed by atoms with E-state index in [9.17, 15) is 9.18 Å². The summed E-state index contributed by atoms with van der Waals surface area (Å²) in [6.07, 6.45) is 0.266. The van der Waals surface area contributed by atoms with E-state index in [4.69, 9.17) is 17.3 Å². The third-order valence-electron chi connectivity index (χ3n) is 2.16. The summed E-state index contributed by atoms with van der Waals surface area (Å²) < 4.78 is 13.4. The van der Waals surface area contributed by atoms with Gasteiger partial charge >= 0.3 is 0 Å². The molecule has 1 aromatic rings. The molecule has 88 valence electrons. The van der Waals surface area contributed by atoms with Crippen molar-refractivity contribution >= 4 is 23.2 Å². The highest BCUT2D eigenvalue weighted by molar-refractivity contribution is 6.31. The fraction of sp³-hybridized carbons (Fsp3) is 0.364. The smallest absolute Gasteiger partial charge is 0.224 e. The standard InChI is InChI=1S/C11H14ClFN2O/c1-7(6-14)5-10(16)15-9-4-2-3-8(12)11(9)13/h2-4,7H,5-6,14H2,1H3,(H,15,16). The lowest BCUT2D eigenvalue weighted by atomic mass is 10.1. The van der Waals surface area contributed by atoms with Crippen molar-refractivity contribution in [2.45, 2.75) is 13.3 Å². The van der Waals surface area contributed by atoms with E-state index in [0.29, 0.717) is 6.54 Å². The molecule has 0 aliphatic carbocycles. The van der Waals surface area contributed by atoms with Crippen molar-refractivity contribution in [1.29, 1.82) is 0 Å². The highest BCUT2D eigenvalue weighted by Crippen LogP contribution is 2.22. The van der Waals surface area contributed by atoms with Crippen LogP contribution < -0.4 is 11.1 Å². The second kappa shape index (κ2) is 5.82. The number of benzene rings is 1. The van der Waals surface area contributed by atoms with Crippen LogP contribution in [-0.2, 0) is 4.79 Å². The minimum atomic E-state index is -0.613. The molecule has 1 aromatic carbocycles. The summed E-state index contributed by atoms with van der Waals surface area (Å²) in [4.78, 5) is 11.5. The number of hydrogen-bond acceptors (Lipinski definition) is 2. The molecule has 1 atom stereocenters. The Morgan fingerprint density at radius 1 is 1.62 bits per heavy atom. The van der Waals surface area contributed by atoms with Crippen molar-refractivity contribution in [1.82, 2.24) is 0 Å². The monoisotopic (exact) mass is 244 g/mol. The van der Waals surface area contributed by atoms with Crippen LogP contribution in [0.15, 0.2) is 18.2 Å². The minimum Gasteiger partial charge on any atom is -0.330 e. The van der Waals surface area contributed by atoms with Gasteiger partial charge in [-0.3, -0.25) is 4.79 Å². The zero-order chi connectivity index (χ0) is 12.1. The first-order chi connectivity index (χ1) is 7.54. The molecule has 0 bridgehead atoms. The number of carbonyl (C=O) groups excluding carboxylic acids is 1. The van der Waals surface area contributed by atoms with Gasteiger partial charge in [-0.1, -0.05) is 24.6 Å². The van der Waals surface area contributed by atoms with Crippen molar-refractivity contribution in [3.8, 4) is 0 Å². The van der Waals surface area contributed by atoms with E-state index in [1.54, 1.807) is 6.07 Å². The Kier molecular flexibility index (Phi) is 4.71. The molecule has 0 spiro atoms. The Labute approximate surface area is 98.8 Å². The van der Waals surface area contributed by atoms with Gasteiger partial charge in [-0.15, -0.1) is 0 Å². The number of hydrogen-bond donors (Lipinski definition) is 2. The lowest BCUT2D eigenvalue weighted by Gasteiger charge is -2.10. The van der Waals surface area contributed by atoms with Crippen molar-refractivity contribution in [3.05, 3.63) is 29.0 Å². The third kappa shape index (κ3) is 3.47. The van der Waals surface area contributed by atoms with Crippen LogP contribution in [0.1, 0.15) is 13.3 Å². The molecule has 3 N–H and O–H groups in total. The first-order valence-corrected chi connectivity index (χ1v) is 5.36. The van der Waals surface area contributed by atoms with Crippen LogP contribution in [0.3, 0.4) is 0 Å². The SMILES string of the molecule is CC(CN)CC(=O)Nc1cccc(Cl)c1F. The fourth-order valence-electron chi connectivity index (χ4n) is 1.20.